The van der Waals surface area contributed by atoms with Gasteiger partial charge in [0, 0.05) is 17.1 Å². The number of amides is 1. The van der Waals surface area contributed by atoms with E-state index in [9.17, 15) is 4.79 Å². The predicted octanol–water partition coefficient (Wildman–Crippen LogP) is 3.03. The van der Waals surface area contributed by atoms with Gasteiger partial charge in [0.2, 0.25) is 0 Å². The van der Waals surface area contributed by atoms with Crippen molar-refractivity contribution < 1.29 is 4.79 Å². The number of nitrogens with one attached hydrogen (secondary N) is 1. The fraction of sp³-hybridized carbons (Fsp3) is 0.417. The highest BCUT2D eigenvalue weighted by atomic mass is 35.5. The monoisotopic (exact) mass is 308 g/mol. The molecule has 100 valence electrons. The van der Waals surface area contributed by atoms with Gasteiger partial charge in [-0.3, -0.25) is 4.79 Å². The van der Waals surface area contributed by atoms with Gasteiger partial charge in [-0.15, -0.1) is 12.4 Å². The van der Waals surface area contributed by atoms with Crippen molar-refractivity contribution in [1.29, 1.82) is 0 Å². The summed E-state index contributed by atoms with van der Waals surface area (Å²) in [6.45, 7) is 0.491. The number of benzene rings is 1. The van der Waals surface area contributed by atoms with Crippen molar-refractivity contribution in [3.63, 3.8) is 0 Å². The molecule has 0 atom stereocenters. The number of carbonyl (C=O) groups excluding carboxylic acids is 1. The van der Waals surface area contributed by atoms with Crippen LogP contribution in [0.15, 0.2) is 18.2 Å². The van der Waals surface area contributed by atoms with Crippen LogP contribution < -0.4 is 11.1 Å². The highest BCUT2D eigenvalue weighted by molar-refractivity contribution is 6.36. The number of rotatable bonds is 3. The smallest absolute Gasteiger partial charge is 0.252 e. The van der Waals surface area contributed by atoms with Gasteiger partial charge in [-0.2, -0.15) is 0 Å². The lowest BCUT2D eigenvalue weighted by molar-refractivity contribution is 0.0930. The fourth-order valence-corrected chi connectivity index (χ4v) is 2.33. The van der Waals surface area contributed by atoms with Gasteiger partial charge in [-0.25, -0.2) is 0 Å². The Balaban J connectivity index is 0.00000162. The molecule has 1 aliphatic carbocycles. The SMILES string of the molecule is Cl.NC1(CNC(=O)c2ccc(Cl)cc2Cl)CCC1. The van der Waals surface area contributed by atoms with Gasteiger partial charge in [-0.1, -0.05) is 23.2 Å². The molecule has 3 N–H and O–H groups in total. The van der Waals surface area contributed by atoms with E-state index in [1.165, 1.54) is 0 Å². The molecule has 1 aromatic rings. The largest absolute Gasteiger partial charge is 0.350 e. The lowest BCUT2D eigenvalue weighted by Crippen LogP contribution is -2.54. The molecule has 18 heavy (non-hydrogen) atoms. The van der Waals surface area contributed by atoms with E-state index >= 15 is 0 Å². The van der Waals surface area contributed by atoms with Crippen molar-refractivity contribution in [3.8, 4) is 0 Å². The lowest BCUT2D eigenvalue weighted by atomic mass is 9.78. The van der Waals surface area contributed by atoms with E-state index in [4.69, 9.17) is 28.9 Å². The second kappa shape index (κ2) is 6.11. The second-order valence-electron chi connectivity index (χ2n) is 4.52. The van der Waals surface area contributed by atoms with Crippen molar-refractivity contribution >= 4 is 41.5 Å². The number of nitrogens with two attached hydrogens (primary N) is 1. The van der Waals surface area contributed by atoms with Crippen LogP contribution >= 0.6 is 35.6 Å². The lowest BCUT2D eigenvalue weighted by Gasteiger charge is -2.38. The van der Waals surface area contributed by atoms with Gasteiger partial charge in [0.1, 0.15) is 0 Å². The van der Waals surface area contributed by atoms with Gasteiger partial charge in [0.15, 0.2) is 0 Å². The molecular formula is C12H15Cl3N2O. The van der Waals surface area contributed by atoms with Crippen molar-refractivity contribution in [2.24, 2.45) is 5.73 Å². The maximum atomic E-state index is 11.9. The molecule has 0 unspecified atom stereocenters. The first-order chi connectivity index (χ1) is 8.00. The highest BCUT2D eigenvalue weighted by Crippen LogP contribution is 2.28. The van der Waals surface area contributed by atoms with Crippen LogP contribution in [0.4, 0.5) is 0 Å². The minimum atomic E-state index is -0.228. The molecule has 1 saturated carbocycles. The Bertz CT molecular complexity index is 447. The average molecular weight is 310 g/mol. The summed E-state index contributed by atoms with van der Waals surface area (Å²) in [4.78, 5) is 11.9. The molecular weight excluding hydrogens is 295 g/mol. The van der Waals surface area contributed by atoms with Crippen LogP contribution in [-0.2, 0) is 0 Å². The van der Waals surface area contributed by atoms with Crippen molar-refractivity contribution in [2.45, 2.75) is 24.8 Å². The van der Waals surface area contributed by atoms with Crippen molar-refractivity contribution in [3.05, 3.63) is 33.8 Å². The minimum absolute atomic E-state index is 0. The molecule has 0 radical (unpaired) electrons. The highest BCUT2D eigenvalue weighted by Gasteiger charge is 2.32. The second-order valence-corrected chi connectivity index (χ2v) is 5.37. The summed E-state index contributed by atoms with van der Waals surface area (Å²) in [6.07, 6.45) is 3.05. The molecule has 0 bridgehead atoms. The van der Waals surface area contributed by atoms with E-state index in [0.29, 0.717) is 22.2 Å². The van der Waals surface area contributed by atoms with Crippen LogP contribution in [0.25, 0.3) is 0 Å². The predicted molar refractivity (Wildman–Crippen MR) is 76.8 cm³/mol. The first kappa shape index (κ1) is 15.6. The quantitative estimate of drug-likeness (QED) is 0.901. The molecule has 1 fully saturated rings. The number of hydrogen-bond donors (Lipinski definition) is 2. The van der Waals surface area contributed by atoms with Crippen LogP contribution in [0.5, 0.6) is 0 Å². The summed E-state index contributed by atoms with van der Waals surface area (Å²) in [5.41, 5.74) is 6.22. The molecule has 0 spiro atoms. The third-order valence-electron chi connectivity index (χ3n) is 3.13. The zero-order valence-electron chi connectivity index (χ0n) is 9.71. The minimum Gasteiger partial charge on any atom is -0.350 e. The summed E-state index contributed by atoms with van der Waals surface area (Å²) in [6, 6.07) is 4.81. The maximum absolute atomic E-state index is 11.9. The number of carbonyl (C=O) groups is 1. The molecule has 0 heterocycles. The van der Waals surface area contributed by atoms with Crippen LogP contribution in [-0.4, -0.2) is 18.0 Å². The molecule has 6 heteroatoms. The van der Waals surface area contributed by atoms with Crippen LogP contribution in [0, 0.1) is 0 Å². The molecule has 1 amide bonds. The summed E-state index contributed by atoms with van der Waals surface area (Å²) in [7, 11) is 0. The van der Waals surface area contributed by atoms with E-state index in [2.05, 4.69) is 5.32 Å². The van der Waals surface area contributed by atoms with Crippen LogP contribution in [0.3, 0.4) is 0 Å². The fourth-order valence-electron chi connectivity index (χ4n) is 1.83. The van der Waals surface area contributed by atoms with Gasteiger partial charge in [0.25, 0.3) is 5.91 Å². The normalized spacial score (nSPS) is 16.4. The molecule has 0 aromatic heterocycles. The Hall–Kier alpha value is -0.480. The van der Waals surface area contributed by atoms with E-state index < -0.39 is 0 Å². The Labute approximate surface area is 122 Å². The third kappa shape index (κ3) is 3.51. The molecule has 1 aliphatic rings. The van der Waals surface area contributed by atoms with Gasteiger partial charge >= 0.3 is 0 Å². The topological polar surface area (TPSA) is 55.1 Å². The average Bonchev–Trinajstić information content (AvgIpc) is 2.23. The van der Waals surface area contributed by atoms with Gasteiger partial charge < -0.3 is 11.1 Å². The summed E-state index contributed by atoms with van der Waals surface area (Å²) < 4.78 is 0. The van der Waals surface area contributed by atoms with Gasteiger partial charge in [-0.05, 0) is 37.5 Å². The Morgan fingerprint density at radius 1 is 1.39 bits per heavy atom. The Morgan fingerprint density at radius 3 is 2.56 bits per heavy atom. The van der Waals surface area contributed by atoms with E-state index in [1.54, 1.807) is 18.2 Å². The van der Waals surface area contributed by atoms with Crippen LogP contribution in [0.2, 0.25) is 10.0 Å². The zero-order chi connectivity index (χ0) is 12.5. The summed E-state index contributed by atoms with van der Waals surface area (Å²) in [5, 5.41) is 3.68. The molecule has 0 saturated heterocycles. The molecule has 0 aliphatic heterocycles. The standard InChI is InChI=1S/C12H14Cl2N2O.ClH/c13-8-2-3-9(10(14)6-8)11(17)16-7-12(15)4-1-5-12;/h2-3,6H,1,4-5,7,15H2,(H,16,17);1H. The maximum Gasteiger partial charge on any atom is 0.252 e. The molecule has 3 nitrogen and oxygen atoms in total. The van der Waals surface area contributed by atoms with Crippen molar-refractivity contribution in [1.82, 2.24) is 5.32 Å². The van der Waals surface area contributed by atoms with Crippen LogP contribution in [0.1, 0.15) is 29.6 Å². The number of hydrogen-bond acceptors (Lipinski definition) is 2. The van der Waals surface area contributed by atoms with Crippen molar-refractivity contribution in [2.75, 3.05) is 6.54 Å². The Morgan fingerprint density at radius 2 is 2.06 bits per heavy atom. The van der Waals surface area contributed by atoms with E-state index in [-0.39, 0.29) is 23.9 Å². The van der Waals surface area contributed by atoms with E-state index in [0.717, 1.165) is 19.3 Å². The van der Waals surface area contributed by atoms with Gasteiger partial charge in [0.05, 0.1) is 10.6 Å². The first-order valence-electron chi connectivity index (χ1n) is 5.52. The molecule has 1 aromatic carbocycles. The summed E-state index contributed by atoms with van der Waals surface area (Å²) >= 11 is 11.7. The number of halogens is 3. The third-order valence-corrected chi connectivity index (χ3v) is 3.67. The molecule has 2 rings (SSSR count). The summed E-state index contributed by atoms with van der Waals surface area (Å²) in [5.74, 6) is -0.205. The zero-order valence-corrected chi connectivity index (χ0v) is 12.0. The Kier molecular flexibility index (Phi) is 5.29. The van der Waals surface area contributed by atoms with E-state index in [1.807, 2.05) is 0 Å². The first-order valence-corrected chi connectivity index (χ1v) is 6.28.